The first-order chi connectivity index (χ1) is 14.4. The Hall–Kier alpha value is -3.23. The summed E-state index contributed by atoms with van der Waals surface area (Å²) in [5, 5.41) is 4.96. The van der Waals surface area contributed by atoms with Gasteiger partial charge in [-0.3, -0.25) is 19.5 Å². The number of aromatic nitrogens is 2. The first-order valence-corrected chi connectivity index (χ1v) is 10.2. The fourth-order valence-electron chi connectivity index (χ4n) is 3.42. The molecular weight excluding hydrogens is 388 g/mol. The Kier molecular flexibility index (Phi) is 6.81. The van der Waals surface area contributed by atoms with Gasteiger partial charge in [-0.15, -0.1) is 0 Å². The Labute approximate surface area is 173 Å². The highest BCUT2D eigenvalue weighted by molar-refractivity contribution is 5.99. The van der Waals surface area contributed by atoms with Gasteiger partial charge >= 0.3 is 12.0 Å². The van der Waals surface area contributed by atoms with Crippen molar-refractivity contribution in [3.63, 3.8) is 0 Å². The first kappa shape index (κ1) is 21.5. The van der Waals surface area contributed by atoms with Gasteiger partial charge in [0.2, 0.25) is 0 Å². The van der Waals surface area contributed by atoms with E-state index in [-0.39, 0.29) is 11.1 Å². The van der Waals surface area contributed by atoms with Gasteiger partial charge in [0.25, 0.3) is 11.5 Å². The Bertz CT molecular complexity index is 1030. The van der Waals surface area contributed by atoms with E-state index >= 15 is 0 Å². The molecule has 1 aromatic carbocycles. The van der Waals surface area contributed by atoms with Crippen LogP contribution in [-0.2, 0) is 22.5 Å². The van der Waals surface area contributed by atoms with Gasteiger partial charge in [-0.05, 0) is 44.9 Å². The molecule has 2 N–H and O–H groups in total. The van der Waals surface area contributed by atoms with E-state index < -0.39 is 24.0 Å². The van der Waals surface area contributed by atoms with Crippen molar-refractivity contribution in [2.24, 2.45) is 0 Å². The predicted molar refractivity (Wildman–Crippen MR) is 110 cm³/mol. The summed E-state index contributed by atoms with van der Waals surface area (Å²) in [4.78, 5) is 53.4. The van der Waals surface area contributed by atoms with Crippen LogP contribution in [0.5, 0.6) is 0 Å². The van der Waals surface area contributed by atoms with Gasteiger partial charge in [-0.25, -0.2) is 14.6 Å². The van der Waals surface area contributed by atoms with E-state index in [1.54, 1.807) is 17.6 Å². The number of imide groups is 1. The molecule has 0 bridgehead atoms. The van der Waals surface area contributed by atoms with Crippen molar-refractivity contribution in [2.45, 2.75) is 58.6 Å². The monoisotopic (exact) mass is 414 g/mol. The molecule has 0 saturated carbocycles. The van der Waals surface area contributed by atoms with Gasteiger partial charge in [0.1, 0.15) is 5.82 Å². The Morgan fingerprint density at radius 1 is 1.20 bits per heavy atom. The number of carbonyl (C=O) groups excluding carboxylic acids is 3. The number of amides is 3. The fourth-order valence-corrected chi connectivity index (χ4v) is 3.42. The van der Waals surface area contributed by atoms with Gasteiger partial charge < -0.3 is 10.1 Å². The molecule has 0 aliphatic carbocycles. The smallest absolute Gasteiger partial charge is 0.338 e. The molecule has 0 fully saturated rings. The number of hydrogen-bond donors (Lipinski definition) is 2. The van der Waals surface area contributed by atoms with Gasteiger partial charge in [0, 0.05) is 19.5 Å². The number of urea groups is 1. The quantitative estimate of drug-likeness (QED) is 0.738. The average molecular weight is 414 g/mol. The molecule has 3 rings (SSSR count). The Morgan fingerprint density at radius 3 is 2.73 bits per heavy atom. The van der Waals surface area contributed by atoms with Crippen LogP contribution in [-0.4, -0.2) is 40.1 Å². The van der Waals surface area contributed by atoms with E-state index in [1.165, 1.54) is 19.1 Å². The van der Waals surface area contributed by atoms with Crippen molar-refractivity contribution in [1.29, 1.82) is 0 Å². The molecule has 0 spiro atoms. The van der Waals surface area contributed by atoms with Gasteiger partial charge in [-0.2, -0.15) is 0 Å². The zero-order valence-electron chi connectivity index (χ0n) is 17.2. The molecule has 0 saturated heterocycles. The van der Waals surface area contributed by atoms with Crippen LogP contribution >= 0.6 is 0 Å². The molecule has 3 amide bonds. The van der Waals surface area contributed by atoms with Crippen LogP contribution in [0.2, 0.25) is 0 Å². The summed E-state index contributed by atoms with van der Waals surface area (Å²) in [5.74, 6) is -0.732. The summed E-state index contributed by atoms with van der Waals surface area (Å²) in [7, 11) is 0. The minimum Gasteiger partial charge on any atom is -0.449 e. The van der Waals surface area contributed by atoms with Crippen molar-refractivity contribution in [3.05, 3.63) is 39.9 Å². The van der Waals surface area contributed by atoms with Crippen molar-refractivity contribution >= 4 is 28.8 Å². The van der Waals surface area contributed by atoms with E-state index in [2.05, 4.69) is 15.6 Å². The highest BCUT2D eigenvalue weighted by atomic mass is 16.5. The maximum atomic E-state index is 12.9. The highest BCUT2D eigenvalue weighted by Crippen LogP contribution is 2.17. The number of hydrogen-bond acceptors (Lipinski definition) is 6. The fraction of sp³-hybridized carbons (Fsp3) is 0.476. The largest absolute Gasteiger partial charge is 0.449 e. The second-order valence-corrected chi connectivity index (χ2v) is 7.28. The van der Waals surface area contributed by atoms with Crippen molar-refractivity contribution < 1.29 is 19.1 Å². The third-order valence-electron chi connectivity index (χ3n) is 5.03. The lowest BCUT2D eigenvalue weighted by molar-refractivity contribution is -0.127. The maximum absolute atomic E-state index is 12.9. The van der Waals surface area contributed by atoms with Crippen LogP contribution in [0.4, 0.5) is 4.79 Å². The lowest BCUT2D eigenvalue weighted by atomic mass is 10.1. The third kappa shape index (κ3) is 4.84. The van der Waals surface area contributed by atoms with E-state index in [0.717, 1.165) is 37.9 Å². The van der Waals surface area contributed by atoms with Crippen LogP contribution < -0.4 is 16.2 Å². The Morgan fingerprint density at radius 2 is 1.97 bits per heavy atom. The molecule has 9 nitrogen and oxygen atoms in total. The second kappa shape index (κ2) is 9.51. The van der Waals surface area contributed by atoms with Crippen molar-refractivity contribution in [2.75, 3.05) is 6.54 Å². The number of aryl methyl sites for hydroxylation is 1. The lowest BCUT2D eigenvalue weighted by Gasteiger charge is -2.16. The highest BCUT2D eigenvalue weighted by Gasteiger charge is 2.21. The first-order valence-electron chi connectivity index (χ1n) is 10.2. The van der Waals surface area contributed by atoms with Crippen LogP contribution in [0.3, 0.4) is 0 Å². The third-order valence-corrected chi connectivity index (χ3v) is 5.03. The molecule has 0 unspecified atom stereocenters. The molecular formula is C21H26N4O5. The second-order valence-electron chi connectivity index (χ2n) is 7.28. The predicted octanol–water partition coefficient (Wildman–Crippen LogP) is 1.90. The summed E-state index contributed by atoms with van der Waals surface area (Å²) >= 11 is 0. The van der Waals surface area contributed by atoms with Gasteiger partial charge in [-0.1, -0.05) is 12.8 Å². The Balaban J connectivity index is 1.80. The minimum absolute atomic E-state index is 0.105. The molecule has 30 heavy (non-hydrogen) atoms. The number of carbonyl (C=O) groups is 3. The summed E-state index contributed by atoms with van der Waals surface area (Å²) in [6.45, 7) is 4.11. The summed E-state index contributed by atoms with van der Waals surface area (Å²) in [5.41, 5.74) is 0.509. The van der Waals surface area contributed by atoms with E-state index in [4.69, 9.17) is 4.74 Å². The van der Waals surface area contributed by atoms with Gasteiger partial charge in [0.05, 0.1) is 16.5 Å². The number of ether oxygens (including phenoxy) is 1. The molecule has 1 aliphatic heterocycles. The van der Waals surface area contributed by atoms with Crippen molar-refractivity contribution in [3.8, 4) is 0 Å². The molecule has 0 radical (unpaired) electrons. The van der Waals surface area contributed by atoms with Gasteiger partial charge in [0.15, 0.2) is 6.10 Å². The number of esters is 1. The standard InChI is InChI=1S/C21H26N4O5/c1-3-22-21(29)24-18(26)13(2)30-20(28)14-9-10-15-16(12-14)23-17-8-6-4-5-7-11-25(17)19(15)27/h9-10,12-13H,3-8,11H2,1-2H3,(H2,22,24,26,29)/t13-/m1/s1. The molecule has 1 atom stereocenters. The van der Waals surface area contributed by atoms with Crippen molar-refractivity contribution in [1.82, 2.24) is 20.2 Å². The SMILES string of the molecule is CCNC(=O)NC(=O)[C@@H](C)OC(=O)c1ccc2c(=O)n3c(nc2c1)CCCCCC3. The van der Waals surface area contributed by atoms with E-state index in [1.807, 2.05) is 0 Å². The summed E-state index contributed by atoms with van der Waals surface area (Å²) in [6.07, 6.45) is 3.68. The van der Waals surface area contributed by atoms with E-state index in [9.17, 15) is 19.2 Å². The minimum atomic E-state index is -1.16. The molecule has 2 aromatic rings. The molecule has 1 aromatic heterocycles. The number of benzene rings is 1. The number of rotatable bonds is 4. The number of nitrogens with one attached hydrogen (secondary N) is 2. The van der Waals surface area contributed by atoms with Crippen LogP contribution in [0.15, 0.2) is 23.0 Å². The van der Waals surface area contributed by atoms with E-state index in [0.29, 0.717) is 24.0 Å². The van der Waals surface area contributed by atoms with Crippen LogP contribution in [0, 0.1) is 0 Å². The number of nitrogens with zero attached hydrogens (tertiary/aromatic N) is 2. The summed E-state index contributed by atoms with van der Waals surface area (Å²) in [6, 6.07) is 3.90. The molecule has 9 heteroatoms. The molecule has 160 valence electrons. The molecule has 1 aliphatic rings. The maximum Gasteiger partial charge on any atom is 0.338 e. The molecule has 2 heterocycles. The topological polar surface area (TPSA) is 119 Å². The van der Waals surface area contributed by atoms with Crippen LogP contribution in [0.25, 0.3) is 10.9 Å². The average Bonchev–Trinajstić information content (AvgIpc) is 2.69. The lowest BCUT2D eigenvalue weighted by Crippen LogP contribution is -2.44. The zero-order chi connectivity index (χ0) is 21.7. The normalized spacial score (nSPS) is 14.7. The number of fused-ring (bicyclic) bond motifs is 2. The zero-order valence-corrected chi connectivity index (χ0v) is 17.2. The summed E-state index contributed by atoms with van der Waals surface area (Å²) < 4.78 is 6.89. The van der Waals surface area contributed by atoms with Crippen LogP contribution in [0.1, 0.15) is 55.7 Å².